The molecule has 1 fully saturated rings. The third-order valence-electron chi connectivity index (χ3n) is 3.51. The third-order valence-corrected chi connectivity index (χ3v) is 3.51. The first kappa shape index (κ1) is 11.6. The molecule has 1 aliphatic carbocycles. The minimum Gasteiger partial charge on any atom is -0.326 e. The van der Waals surface area contributed by atoms with Crippen LogP contribution in [0, 0.1) is 6.92 Å². The maximum atomic E-state index is 6.02. The predicted octanol–water partition coefficient (Wildman–Crippen LogP) is 2.01. The first-order valence-corrected chi connectivity index (χ1v) is 6.30. The fourth-order valence-electron chi connectivity index (χ4n) is 2.40. The zero-order valence-electron chi connectivity index (χ0n) is 10.1. The Morgan fingerprint density at radius 1 is 1.25 bits per heavy atom. The van der Waals surface area contributed by atoms with Crippen LogP contribution in [0.1, 0.15) is 30.4 Å². The summed E-state index contributed by atoms with van der Waals surface area (Å²) in [5, 5.41) is 3.57. The highest BCUT2D eigenvalue weighted by Gasteiger charge is 2.22. The summed E-state index contributed by atoms with van der Waals surface area (Å²) in [6.07, 6.45) is 4.81. The average molecular weight is 218 g/mol. The van der Waals surface area contributed by atoms with Crippen LogP contribution in [0.3, 0.4) is 0 Å². The fourth-order valence-corrected chi connectivity index (χ4v) is 2.40. The summed E-state index contributed by atoms with van der Waals surface area (Å²) in [5.41, 5.74) is 8.75. The first-order chi connectivity index (χ1) is 7.75. The van der Waals surface area contributed by atoms with Gasteiger partial charge in [0.15, 0.2) is 0 Å². The van der Waals surface area contributed by atoms with E-state index in [1.54, 1.807) is 0 Å². The van der Waals surface area contributed by atoms with E-state index in [-0.39, 0.29) is 0 Å². The number of nitrogens with one attached hydrogen (secondary N) is 1. The molecule has 2 nitrogen and oxygen atoms in total. The Hall–Kier alpha value is -0.860. The van der Waals surface area contributed by atoms with Crippen LogP contribution >= 0.6 is 0 Å². The lowest BCUT2D eigenvalue weighted by atomic mass is 10.1. The van der Waals surface area contributed by atoms with Crippen LogP contribution in [0.25, 0.3) is 0 Å². The Morgan fingerprint density at radius 2 is 2.00 bits per heavy atom. The molecule has 0 spiro atoms. The van der Waals surface area contributed by atoms with Gasteiger partial charge in [-0.3, -0.25) is 0 Å². The van der Waals surface area contributed by atoms with E-state index < -0.39 is 0 Å². The maximum Gasteiger partial charge on any atom is 0.0219 e. The second-order valence-electron chi connectivity index (χ2n) is 4.89. The molecule has 1 aromatic carbocycles. The molecule has 3 N–H and O–H groups in total. The monoisotopic (exact) mass is 218 g/mol. The SMILES string of the molecule is Cc1ccc(CCNC2CCCC2N)cc1. The van der Waals surface area contributed by atoms with Crippen molar-refractivity contribution in [2.75, 3.05) is 6.54 Å². The average Bonchev–Trinajstić information content (AvgIpc) is 2.68. The van der Waals surface area contributed by atoms with E-state index in [4.69, 9.17) is 5.73 Å². The minimum atomic E-state index is 0.373. The van der Waals surface area contributed by atoms with Crippen molar-refractivity contribution < 1.29 is 0 Å². The molecule has 2 unspecified atom stereocenters. The number of aryl methyl sites for hydroxylation is 1. The molecule has 0 radical (unpaired) electrons. The molecule has 1 aromatic rings. The van der Waals surface area contributed by atoms with Crippen LogP contribution in [0.4, 0.5) is 0 Å². The first-order valence-electron chi connectivity index (χ1n) is 6.30. The van der Waals surface area contributed by atoms with Gasteiger partial charge in [-0.1, -0.05) is 36.2 Å². The van der Waals surface area contributed by atoms with Crippen molar-refractivity contribution >= 4 is 0 Å². The van der Waals surface area contributed by atoms with Gasteiger partial charge in [0.25, 0.3) is 0 Å². The topological polar surface area (TPSA) is 38.0 Å². The molecule has 16 heavy (non-hydrogen) atoms. The minimum absolute atomic E-state index is 0.373. The second kappa shape index (κ2) is 5.46. The lowest BCUT2D eigenvalue weighted by Gasteiger charge is -2.17. The van der Waals surface area contributed by atoms with Crippen LogP contribution in [0.15, 0.2) is 24.3 Å². The van der Waals surface area contributed by atoms with E-state index in [1.807, 2.05) is 0 Å². The van der Waals surface area contributed by atoms with Crippen LogP contribution in [0.2, 0.25) is 0 Å². The van der Waals surface area contributed by atoms with Gasteiger partial charge >= 0.3 is 0 Å². The molecule has 1 aliphatic rings. The van der Waals surface area contributed by atoms with Crippen molar-refractivity contribution in [1.82, 2.24) is 5.32 Å². The summed E-state index contributed by atoms with van der Waals surface area (Å²) in [5.74, 6) is 0. The van der Waals surface area contributed by atoms with Crippen LogP contribution < -0.4 is 11.1 Å². The van der Waals surface area contributed by atoms with E-state index in [2.05, 4.69) is 36.5 Å². The second-order valence-corrected chi connectivity index (χ2v) is 4.89. The molecule has 0 aromatic heterocycles. The van der Waals surface area contributed by atoms with Gasteiger partial charge in [0.1, 0.15) is 0 Å². The summed E-state index contributed by atoms with van der Waals surface area (Å²) in [6.45, 7) is 3.17. The molecule has 0 heterocycles. The number of rotatable bonds is 4. The van der Waals surface area contributed by atoms with Crippen molar-refractivity contribution in [3.8, 4) is 0 Å². The van der Waals surface area contributed by atoms with Crippen molar-refractivity contribution in [2.45, 2.75) is 44.7 Å². The van der Waals surface area contributed by atoms with Crippen molar-refractivity contribution in [1.29, 1.82) is 0 Å². The molecular formula is C14H22N2. The van der Waals surface area contributed by atoms with E-state index in [1.165, 1.54) is 30.4 Å². The highest BCUT2D eigenvalue weighted by molar-refractivity contribution is 5.21. The largest absolute Gasteiger partial charge is 0.326 e. The van der Waals surface area contributed by atoms with Gasteiger partial charge < -0.3 is 11.1 Å². The molecule has 0 amide bonds. The molecule has 88 valence electrons. The Kier molecular flexibility index (Phi) is 3.97. The van der Waals surface area contributed by atoms with Gasteiger partial charge in [0.05, 0.1) is 0 Å². The standard InChI is InChI=1S/C14H22N2/c1-11-5-7-12(8-6-11)9-10-16-14-4-2-3-13(14)15/h5-8,13-14,16H,2-4,9-10,15H2,1H3. The molecule has 0 bridgehead atoms. The Balaban J connectivity index is 1.73. The molecule has 0 saturated heterocycles. The lowest BCUT2D eigenvalue weighted by Crippen LogP contribution is -2.41. The number of nitrogens with two attached hydrogens (primary N) is 1. The van der Waals surface area contributed by atoms with Gasteiger partial charge in [-0.2, -0.15) is 0 Å². The molecule has 0 aliphatic heterocycles. The maximum absolute atomic E-state index is 6.02. The Labute approximate surface area is 98.2 Å². The molecule has 2 heteroatoms. The fraction of sp³-hybridized carbons (Fsp3) is 0.571. The van der Waals surface area contributed by atoms with Crippen LogP contribution in [0.5, 0.6) is 0 Å². The van der Waals surface area contributed by atoms with Gasteiger partial charge in [-0.05, 0) is 38.3 Å². The zero-order chi connectivity index (χ0) is 11.4. The molecule has 2 atom stereocenters. The van der Waals surface area contributed by atoms with Gasteiger partial charge in [-0.15, -0.1) is 0 Å². The normalized spacial score (nSPS) is 24.9. The third kappa shape index (κ3) is 3.06. The van der Waals surface area contributed by atoms with Crippen LogP contribution in [-0.2, 0) is 6.42 Å². The summed E-state index contributed by atoms with van der Waals surface area (Å²) < 4.78 is 0. The number of hydrogen-bond acceptors (Lipinski definition) is 2. The van der Waals surface area contributed by atoms with Gasteiger partial charge in [0.2, 0.25) is 0 Å². The van der Waals surface area contributed by atoms with Gasteiger partial charge in [0, 0.05) is 12.1 Å². The summed E-state index contributed by atoms with van der Waals surface area (Å²) >= 11 is 0. The summed E-state index contributed by atoms with van der Waals surface area (Å²) in [7, 11) is 0. The van der Waals surface area contributed by atoms with Crippen molar-refractivity contribution in [3.05, 3.63) is 35.4 Å². The summed E-state index contributed by atoms with van der Waals surface area (Å²) in [6, 6.07) is 9.70. The Bertz CT molecular complexity index is 318. The van der Waals surface area contributed by atoms with Crippen LogP contribution in [-0.4, -0.2) is 18.6 Å². The van der Waals surface area contributed by atoms with Crippen molar-refractivity contribution in [3.63, 3.8) is 0 Å². The zero-order valence-corrected chi connectivity index (χ0v) is 10.1. The smallest absolute Gasteiger partial charge is 0.0219 e. The quantitative estimate of drug-likeness (QED) is 0.811. The lowest BCUT2D eigenvalue weighted by molar-refractivity contribution is 0.479. The Morgan fingerprint density at radius 3 is 2.62 bits per heavy atom. The van der Waals surface area contributed by atoms with E-state index in [0.29, 0.717) is 12.1 Å². The number of hydrogen-bond donors (Lipinski definition) is 2. The highest BCUT2D eigenvalue weighted by Crippen LogP contribution is 2.16. The summed E-state index contributed by atoms with van der Waals surface area (Å²) in [4.78, 5) is 0. The predicted molar refractivity (Wildman–Crippen MR) is 68.5 cm³/mol. The number of benzene rings is 1. The molecule has 1 saturated carbocycles. The highest BCUT2D eigenvalue weighted by atomic mass is 15.0. The van der Waals surface area contributed by atoms with E-state index in [9.17, 15) is 0 Å². The van der Waals surface area contributed by atoms with Crippen molar-refractivity contribution in [2.24, 2.45) is 5.73 Å². The molecule has 2 rings (SSSR count). The van der Waals surface area contributed by atoms with Gasteiger partial charge in [-0.25, -0.2) is 0 Å². The van der Waals surface area contributed by atoms with E-state index >= 15 is 0 Å². The van der Waals surface area contributed by atoms with E-state index in [0.717, 1.165) is 13.0 Å². The molecular weight excluding hydrogens is 196 g/mol.